The molecular formula is C15H14ClFN4O3S. The van der Waals surface area contributed by atoms with Gasteiger partial charge in [0.25, 0.3) is 5.91 Å². The van der Waals surface area contributed by atoms with Crippen molar-refractivity contribution in [1.82, 2.24) is 9.29 Å². The van der Waals surface area contributed by atoms with Crippen LogP contribution in [0.2, 0.25) is 5.02 Å². The second-order valence-electron chi connectivity index (χ2n) is 5.10. The topological polar surface area (TPSA) is 104 Å². The first kappa shape index (κ1) is 18.9. The first-order valence-electron chi connectivity index (χ1n) is 6.93. The van der Waals surface area contributed by atoms with Gasteiger partial charge in [-0.15, -0.1) is 0 Å². The molecular weight excluding hydrogens is 371 g/mol. The van der Waals surface area contributed by atoms with E-state index in [0.29, 0.717) is 0 Å². The number of aromatic nitrogens is 1. The second kappa shape index (κ2) is 6.84. The van der Waals surface area contributed by atoms with Gasteiger partial charge in [0, 0.05) is 18.4 Å². The van der Waals surface area contributed by atoms with E-state index in [2.05, 4.69) is 10.0 Å². The number of hydrogen-bond acceptors (Lipinski definition) is 4. The molecule has 2 rings (SSSR count). The molecule has 0 saturated carbocycles. The first-order chi connectivity index (χ1) is 11.6. The summed E-state index contributed by atoms with van der Waals surface area (Å²) < 4.78 is 41.0. The summed E-state index contributed by atoms with van der Waals surface area (Å²) in [4.78, 5) is 12.3. The fraction of sp³-hybridized carbons (Fsp3) is 0.200. The van der Waals surface area contributed by atoms with Crippen LogP contribution in [0.15, 0.2) is 23.1 Å². The molecule has 7 nitrogen and oxygen atoms in total. The number of sulfonamides is 1. The highest BCUT2D eigenvalue weighted by atomic mass is 35.5. The van der Waals surface area contributed by atoms with Crippen LogP contribution in [0.5, 0.6) is 0 Å². The van der Waals surface area contributed by atoms with Crippen LogP contribution in [0.25, 0.3) is 0 Å². The molecule has 2 N–H and O–H groups in total. The number of anilines is 1. The minimum Gasteiger partial charge on any atom is -0.341 e. The van der Waals surface area contributed by atoms with Gasteiger partial charge in [0.2, 0.25) is 10.0 Å². The van der Waals surface area contributed by atoms with Crippen LogP contribution in [-0.2, 0) is 17.1 Å². The van der Waals surface area contributed by atoms with Crippen molar-refractivity contribution in [2.45, 2.75) is 11.8 Å². The van der Waals surface area contributed by atoms with Crippen molar-refractivity contribution in [3.8, 4) is 6.07 Å². The van der Waals surface area contributed by atoms with Crippen LogP contribution >= 0.6 is 11.6 Å². The number of nitriles is 1. The van der Waals surface area contributed by atoms with Gasteiger partial charge in [-0.25, -0.2) is 17.5 Å². The number of halogens is 2. The highest BCUT2D eigenvalue weighted by Gasteiger charge is 2.29. The average Bonchev–Trinajstić information content (AvgIpc) is 2.79. The van der Waals surface area contributed by atoms with E-state index in [1.54, 1.807) is 6.07 Å². The van der Waals surface area contributed by atoms with Crippen LogP contribution in [0.1, 0.15) is 21.7 Å². The number of amides is 1. The summed E-state index contributed by atoms with van der Waals surface area (Å²) in [6, 6.07) is 5.16. The molecule has 10 heteroatoms. The highest BCUT2D eigenvalue weighted by molar-refractivity contribution is 7.89. The van der Waals surface area contributed by atoms with E-state index < -0.39 is 21.7 Å². The zero-order chi connectivity index (χ0) is 18.9. The molecule has 25 heavy (non-hydrogen) atoms. The molecule has 0 spiro atoms. The summed E-state index contributed by atoms with van der Waals surface area (Å²) in [5, 5.41) is 11.1. The third-order valence-electron chi connectivity index (χ3n) is 3.67. The van der Waals surface area contributed by atoms with Crippen LogP contribution in [-0.4, -0.2) is 25.9 Å². The zero-order valence-corrected chi connectivity index (χ0v) is 15.1. The average molecular weight is 385 g/mol. The number of nitrogens with one attached hydrogen (secondary N) is 2. The normalized spacial score (nSPS) is 11.2. The lowest BCUT2D eigenvalue weighted by Crippen LogP contribution is -2.19. The van der Waals surface area contributed by atoms with Crippen molar-refractivity contribution in [2.24, 2.45) is 7.05 Å². The van der Waals surface area contributed by atoms with Crippen LogP contribution in [0.4, 0.5) is 10.1 Å². The third-order valence-corrected chi connectivity index (χ3v) is 5.73. The zero-order valence-electron chi connectivity index (χ0n) is 13.5. The van der Waals surface area contributed by atoms with Gasteiger partial charge < -0.3 is 9.88 Å². The maximum atomic E-state index is 13.4. The van der Waals surface area contributed by atoms with Crippen molar-refractivity contribution < 1.29 is 17.6 Å². The maximum absolute atomic E-state index is 13.4. The molecule has 0 saturated heterocycles. The molecule has 0 bridgehead atoms. The highest BCUT2D eigenvalue weighted by Crippen LogP contribution is 2.31. The maximum Gasteiger partial charge on any atom is 0.273 e. The van der Waals surface area contributed by atoms with E-state index in [9.17, 15) is 17.6 Å². The van der Waals surface area contributed by atoms with E-state index in [1.165, 1.54) is 37.7 Å². The van der Waals surface area contributed by atoms with E-state index in [4.69, 9.17) is 16.9 Å². The quantitative estimate of drug-likeness (QED) is 0.842. The van der Waals surface area contributed by atoms with Crippen molar-refractivity contribution in [2.75, 3.05) is 12.4 Å². The molecule has 0 fully saturated rings. The summed E-state index contributed by atoms with van der Waals surface area (Å²) in [6.45, 7) is 1.51. The van der Waals surface area contributed by atoms with Gasteiger partial charge in [0.15, 0.2) is 0 Å². The summed E-state index contributed by atoms with van der Waals surface area (Å²) in [5.41, 5.74) is 0.151. The van der Waals surface area contributed by atoms with E-state index >= 15 is 0 Å². The Balaban J connectivity index is 2.48. The minimum atomic E-state index is -3.86. The fourth-order valence-electron chi connectivity index (χ4n) is 2.28. The Hall–Kier alpha value is -2.41. The Morgan fingerprint density at radius 1 is 1.40 bits per heavy atom. The molecule has 0 aliphatic carbocycles. The molecule has 2 aromatic rings. The summed E-state index contributed by atoms with van der Waals surface area (Å²) in [5.74, 6) is -1.40. The summed E-state index contributed by atoms with van der Waals surface area (Å²) in [6.07, 6.45) is 0. The molecule has 0 unspecified atom stereocenters. The molecule has 0 radical (unpaired) electrons. The lowest BCUT2D eigenvalue weighted by Gasteiger charge is -2.08. The molecule has 1 aromatic carbocycles. The molecule has 0 aliphatic heterocycles. The van der Waals surface area contributed by atoms with Gasteiger partial charge >= 0.3 is 0 Å². The number of carbonyl (C=O) groups excluding carboxylic acids is 1. The molecule has 1 amide bonds. The third kappa shape index (κ3) is 3.37. The standard InChI is InChI=1S/C15H14ClFN4O3S/c1-8-14(25(23,24)19-2)12(16)13(21(8)3)15(22)20-10-4-5-11(17)9(6-10)7-18/h4-6,19H,1-3H3,(H,20,22). The number of nitrogens with zero attached hydrogens (tertiary/aromatic N) is 2. The van der Waals surface area contributed by atoms with Gasteiger partial charge in [0.05, 0.1) is 10.6 Å². The van der Waals surface area contributed by atoms with Crippen LogP contribution < -0.4 is 10.0 Å². The van der Waals surface area contributed by atoms with Crippen molar-refractivity contribution >= 4 is 33.2 Å². The second-order valence-corrected chi connectivity index (χ2v) is 7.31. The lowest BCUT2D eigenvalue weighted by molar-refractivity contribution is 0.101. The Labute approximate surface area is 149 Å². The SMILES string of the molecule is CNS(=O)(=O)c1c(Cl)c(C(=O)Nc2ccc(F)c(C#N)c2)n(C)c1C. The lowest BCUT2D eigenvalue weighted by atomic mass is 10.2. The largest absolute Gasteiger partial charge is 0.341 e. The predicted octanol–water partition coefficient (Wildman–Crippen LogP) is 2.16. The van der Waals surface area contributed by atoms with Gasteiger partial charge in [-0.3, -0.25) is 4.79 Å². The Morgan fingerprint density at radius 2 is 2.04 bits per heavy atom. The number of hydrogen-bond donors (Lipinski definition) is 2. The number of rotatable bonds is 4. The molecule has 1 heterocycles. The molecule has 132 valence electrons. The summed E-state index contributed by atoms with van der Waals surface area (Å²) >= 11 is 6.13. The number of carbonyl (C=O) groups is 1. The van der Waals surface area contributed by atoms with Gasteiger partial charge in [-0.1, -0.05) is 11.6 Å². The van der Waals surface area contributed by atoms with E-state index in [1.807, 2.05) is 0 Å². The van der Waals surface area contributed by atoms with Gasteiger partial charge in [-0.2, -0.15) is 5.26 Å². The Morgan fingerprint density at radius 3 is 2.60 bits per heavy atom. The Bertz CT molecular complexity index is 1010. The smallest absolute Gasteiger partial charge is 0.273 e. The summed E-state index contributed by atoms with van der Waals surface area (Å²) in [7, 11) is -1.13. The van der Waals surface area contributed by atoms with Gasteiger partial charge in [0.1, 0.15) is 22.5 Å². The van der Waals surface area contributed by atoms with Crippen LogP contribution in [0, 0.1) is 24.1 Å². The number of benzene rings is 1. The van der Waals surface area contributed by atoms with E-state index in [0.717, 1.165) is 6.07 Å². The molecule has 1 aromatic heterocycles. The van der Waals surface area contributed by atoms with Crippen molar-refractivity contribution in [3.63, 3.8) is 0 Å². The fourth-order valence-corrected chi connectivity index (χ4v) is 4.00. The molecule has 0 atom stereocenters. The Kier molecular flexibility index (Phi) is 5.17. The molecule has 0 aliphatic rings. The van der Waals surface area contributed by atoms with Crippen molar-refractivity contribution in [1.29, 1.82) is 5.26 Å². The minimum absolute atomic E-state index is 0.0733. The van der Waals surface area contributed by atoms with Crippen molar-refractivity contribution in [3.05, 3.63) is 46.0 Å². The van der Waals surface area contributed by atoms with E-state index in [-0.39, 0.29) is 32.6 Å². The van der Waals surface area contributed by atoms with Crippen LogP contribution in [0.3, 0.4) is 0 Å². The monoisotopic (exact) mass is 384 g/mol. The predicted molar refractivity (Wildman–Crippen MR) is 90.5 cm³/mol. The van der Waals surface area contributed by atoms with Gasteiger partial charge in [-0.05, 0) is 32.2 Å². The first-order valence-corrected chi connectivity index (χ1v) is 8.79.